The molecule has 5 heteroatoms. The summed E-state index contributed by atoms with van der Waals surface area (Å²) in [6.45, 7) is 0.596. The third-order valence-corrected chi connectivity index (χ3v) is 3.61. The van der Waals surface area contributed by atoms with Crippen molar-refractivity contribution in [3.8, 4) is 0 Å². The summed E-state index contributed by atoms with van der Waals surface area (Å²) >= 11 is 1.70. The number of carbonyl (C=O) groups is 1. The fraction of sp³-hybridized carbons (Fsp3) is 0.625. The standard InChI is InChI=1S/C8H12N2O2S/c1-12-3-5-2-10-7(11)6(9)8(10)13-4-5/h2,6,8H,3-4,9H2,1H3/t6?,8-/m1/s1. The Hall–Kier alpha value is -0.520. The van der Waals surface area contributed by atoms with Gasteiger partial charge in [0.1, 0.15) is 11.4 Å². The van der Waals surface area contributed by atoms with Gasteiger partial charge in [0.05, 0.1) is 6.61 Å². The number of rotatable bonds is 2. The van der Waals surface area contributed by atoms with Crippen LogP contribution >= 0.6 is 11.8 Å². The van der Waals surface area contributed by atoms with Crippen LogP contribution in [-0.4, -0.2) is 41.7 Å². The first-order valence-electron chi connectivity index (χ1n) is 4.12. The summed E-state index contributed by atoms with van der Waals surface area (Å²) in [4.78, 5) is 12.9. The first-order valence-corrected chi connectivity index (χ1v) is 5.17. The van der Waals surface area contributed by atoms with Gasteiger partial charge in [0.2, 0.25) is 5.91 Å². The number of nitrogens with zero attached hydrogens (tertiary/aromatic N) is 1. The van der Waals surface area contributed by atoms with E-state index in [4.69, 9.17) is 10.5 Å². The number of hydrogen-bond donors (Lipinski definition) is 1. The van der Waals surface area contributed by atoms with Gasteiger partial charge in [-0.15, -0.1) is 11.8 Å². The number of carbonyl (C=O) groups excluding carboxylic acids is 1. The van der Waals surface area contributed by atoms with E-state index < -0.39 is 0 Å². The summed E-state index contributed by atoms with van der Waals surface area (Å²) < 4.78 is 5.00. The highest BCUT2D eigenvalue weighted by molar-refractivity contribution is 8.00. The van der Waals surface area contributed by atoms with E-state index in [1.54, 1.807) is 23.8 Å². The molecule has 2 aliphatic rings. The van der Waals surface area contributed by atoms with Crippen LogP contribution < -0.4 is 5.73 Å². The van der Waals surface area contributed by atoms with Gasteiger partial charge in [0.15, 0.2) is 0 Å². The van der Waals surface area contributed by atoms with E-state index in [0.29, 0.717) is 6.61 Å². The van der Waals surface area contributed by atoms with E-state index in [2.05, 4.69) is 0 Å². The molecule has 1 unspecified atom stereocenters. The summed E-state index contributed by atoms with van der Waals surface area (Å²) in [6.07, 6.45) is 1.87. The Bertz CT molecular complexity index is 267. The van der Waals surface area contributed by atoms with E-state index >= 15 is 0 Å². The lowest BCUT2D eigenvalue weighted by molar-refractivity contribution is -0.140. The van der Waals surface area contributed by atoms with Crippen LogP contribution in [0.4, 0.5) is 0 Å². The lowest BCUT2D eigenvalue weighted by Crippen LogP contribution is -2.66. The van der Waals surface area contributed by atoms with Crippen LogP contribution in [0, 0.1) is 0 Å². The van der Waals surface area contributed by atoms with Gasteiger partial charge in [-0.3, -0.25) is 4.79 Å². The minimum absolute atomic E-state index is 0.0193. The molecule has 0 bridgehead atoms. The molecular weight excluding hydrogens is 188 g/mol. The molecule has 1 fully saturated rings. The zero-order valence-corrected chi connectivity index (χ0v) is 8.21. The highest BCUT2D eigenvalue weighted by Gasteiger charge is 2.46. The number of ether oxygens (including phenoxy) is 1. The second-order valence-electron chi connectivity index (χ2n) is 3.19. The molecule has 2 aliphatic heterocycles. The van der Waals surface area contributed by atoms with Gasteiger partial charge in [-0.2, -0.15) is 0 Å². The zero-order chi connectivity index (χ0) is 9.42. The molecule has 0 aliphatic carbocycles. The quantitative estimate of drug-likeness (QED) is 0.625. The minimum atomic E-state index is -0.301. The van der Waals surface area contributed by atoms with Crippen LogP contribution in [0.1, 0.15) is 0 Å². The molecule has 0 aromatic heterocycles. The van der Waals surface area contributed by atoms with Crippen LogP contribution in [0.15, 0.2) is 11.8 Å². The molecule has 1 saturated heterocycles. The Labute approximate surface area is 81.1 Å². The lowest BCUT2D eigenvalue weighted by Gasteiger charge is -2.45. The molecule has 0 saturated carbocycles. The molecule has 2 rings (SSSR count). The van der Waals surface area contributed by atoms with Crippen molar-refractivity contribution >= 4 is 17.7 Å². The molecule has 4 nitrogen and oxygen atoms in total. The predicted molar refractivity (Wildman–Crippen MR) is 51.0 cm³/mol. The Morgan fingerprint density at radius 2 is 2.62 bits per heavy atom. The molecule has 13 heavy (non-hydrogen) atoms. The summed E-state index contributed by atoms with van der Waals surface area (Å²) in [5.74, 6) is 0.932. The van der Waals surface area contributed by atoms with Crippen molar-refractivity contribution in [2.75, 3.05) is 19.5 Å². The van der Waals surface area contributed by atoms with Crippen LogP contribution in [-0.2, 0) is 9.53 Å². The Balaban J connectivity index is 2.06. The largest absolute Gasteiger partial charge is 0.380 e. The van der Waals surface area contributed by atoms with Crippen molar-refractivity contribution < 1.29 is 9.53 Å². The second kappa shape index (κ2) is 3.32. The predicted octanol–water partition coefficient (Wildman–Crippen LogP) is -0.241. The monoisotopic (exact) mass is 200 g/mol. The topological polar surface area (TPSA) is 55.6 Å². The van der Waals surface area contributed by atoms with Crippen molar-refractivity contribution in [3.63, 3.8) is 0 Å². The zero-order valence-electron chi connectivity index (χ0n) is 7.40. The smallest absolute Gasteiger partial charge is 0.247 e. The third kappa shape index (κ3) is 1.37. The Morgan fingerprint density at radius 1 is 1.85 bits per heavy atom. The molecule has 0 aromatic carbocycles. The number of fused-ring (bicyclic) bond motifs is 1. The van der Waals surface area contributed by atoms with Gasteiger partial charge in [-0.25, -0.2) is 0 Å². The maximum Gasteiger partial charge on any atom is 0.247 e. The normalized spacial score (nSPS) is 32.3. The van der Waals surface area contributed by atoms with Gasteiger partial charge < -0.3 is 15.4 Å². The molecular formula is C8H12N2O2S. The van der Waals surface area contributed by atoms with Crippen LogP contribution in [0.25, 0.3) is 0 Å². The van der Waals surface area contributed by atoms with Crippen LogP contribution in [0.3, 0.4) is 0 Å². The fourth-order valence-electron chi connectivity index (χ4n) is 1.52. The number of hydrogen-bond acceptors (Lipinski definition) is 4. The summed E-state index contributed by atoms with van der Waals surface area (Å²) in [7, 11) is 1.65. The summed E-state index contributed by atoms with van der Waals surface area (Å²) in [5, 5.41) is 0.160. The number of thioether (sulfide) groups is 1. The summed E-state index contributed by atoms with van der Waals surface area (Å²) in [6, 6.07) is -0.301. The summed E-state index contributed by atoms with van der Waals surface area (Å²) in [5.41, 5.74) is 6.77. The van der Waals surface area contributed by atoms with Crippen molar-refractivity contribution in [1.82, 2.24) is 4.90 Å². The fourth-order valence-corrected chi connectivity index (χ4v) is 2.71. The van der Waals surface area contributed by atoms with E-state index in [1.165, 1.54) is 0 Å². The molecule has 0 radical (unpaired) electrons. The van der Waals surface area contributed by atoms with Crippen molar-refractivity contribution in [2.45, 2.75) is 11.4 Å². The molecule has 2 N–H and O–H groups in total. The molecule has 0 spiro atoms. The van der Waals surface area contributed by atoms with Crippen molar-refractivity contribution in [2.24, 2.45) is 5.73 Å². The second-order valence-corrected chi connectivity index (χ2v) is 4.30. The first kappa shape index (κ1) is 9.05. The van der Waals surface area contributed by atoms with Gasteiger partial charge in [0.25, 0.3) is 0 Å². The highest BCUT2D eigenvalue weighted by atomic mass is 32.2. The third-order valence-electron chi connectivity index (χ3n) is 2.21. The Kier molecular flexibility index (Phi) is 2.31. The maximum absolute atomic E-state index is 11.2. The minimum Gasteiger partial charge on any atom is -0.380 e. The van der Waals surface area contributed by atoms with Crippen molar-refractivity contribution in [3.05, 3.63) is 11.8 Å². The number of β-lactam (4-membered cyclic amide) rings is 1. The maximum atomic E-state index is 11.2. The van der Waals surface area contributed by atoms with Crippen LogP contribution in [0.2, 0.25) is 0 Å². The molecule has 1 amide bonds. The highest BCUT2D eigenvalue weighted by Crippen LogP contribution is 2.34. The molecule has 72 valence electrons. The molecule has 2 heterocycles. The first-order chi connectivity index (χ1) is 6.24. The molecule has 0 aromatic rings. The SMILES string of the molecule is COCC1=CN2C(=O)C(N)[C@H]2SC1. The van der Waals surface area contributed by atoms with Gasteiger partial charge in [-0.1, -0.05) is 0 Å². The lowest BCUT2D eigenvalue weighted by atomic mass is 10.1. The van der Waals surface area contributed by atoms with Crippen LogP contribution in [0.5, 0.6) is 0 Å². The van der Waals surface area contributed by atoms with Gasteiger partial charge >= 0.3 is 0 Å². The van der Waals surface area contributed by atoms with E-state index in [1.807, 2.05) is 6.20 Å². The average molecular weight is 200 g/mol. The van der Waals surface area contributed by atoms with E-state index in [9.17, 15) is 4.79 Å². The number of methoxy groups -OCH3 is 1. The van der Waals surface area contributed by atoms with Gasteiger partial charge in [-0.05, 0) is 5.57 Å². The van der Waals surface area contributed by atoms with E-state index in [0.717, 1.165) is 11.3 Å². The average Bonchev–Trinajstić information content (AvgIpc) is 2.17. The number of amides is 1. The van der Waals surface area contributed by atoms with Crippen molar-refractivity contribution in [1.29, 1.82) is 0 Å². The molecule has 2 atom stereocenters. The number of nitrogens with two attached hydrogens (primary N) is 1. The van der Waals surface area contributed by atoms with Gasteiger partial charge in [0, 0.05) is 19.1 Å². The van der Waals surface area contributed by atoms with E-state index in [-0.39, 0.29) is 17.3 Å². The Morgan fingerprint density at radius 3 is 3.31 bits per heavy atom.